The maximum absolute atomic E-state index is 12.8. The Labute approximate surface area is 139 Å². The molecule has 2 N–H and O–H groups in total. The molecule has 2 aromatic rings. The van der Waals surface area contributed by atoms with Gasteiger partial charge in [-0.25, -0.2) is 12.8 Å². The number of hydrogen-bond donors (Lipinski definition) is 2. The molecule has 6 nitrogen and oxygen atoms in total. The Morgan fingerprint density at radius 2 is 1.75 bits per heavy atom. The van der Waals surface area contributed by atoms with Crippen LogP contribution in [-0.4, -0.2) is 20.9 Å². The molecule has 0 spiro atoms. The van der Waals surface area contributed by atoms with Crippen molar-refractivity contribution >= 4 is 15.9 Å². The van der Waals surface area contributed by atoms with Crippen LogP contribution in [0.5, 0.6) is 0 Å². The molecule has 0 heterocycles. The molecule has 2 aromatic carbocycles. The predicted molar refractivity (Wildman–Crippen MR) is 85.7 cm³/mol. The van der Waals surface area contributed by atoms with Gasteiger partial charge in [0.1, 0.15) is 12.4 Å². The van der Waals surface area contributed by atoms with E-state index in [0.717, 1.165) is 29.8 Å². The van der Waals surface area contributed by atoms with Gasteiger partial charge in [0.25, 0.3) is 10.0 Å². The van der Waals surface area contributed by atoms with Crippen molar-refractivity contribution in [3.8, 4) is 0 Å². The van der Waals surface area contributed by atoms with Crippen LogP contribution in [-0.2, 0) is 19.7 Å². The first kappa shape index (κ1) is 18.1. The Morgan fingerprint density at radius 1 is 1.12 bits per heavy atom. The first-order chi connectivity index (χ1) is 11.4. The van der Waals surface area contributed by atoms with Gasteiger partial charge in [-0.1, -0.05) is 35.2 Å². The number of halogens is 1. The number of sulfonamides is 1. The highest BCUT2D eigenvalue weighted by Gasteiger charge is 2.15. The van der Waals surface area contributed by atoms with E-state index in [0.29, 0.717) is 0 Å². The summed E-state index contributed by atoms with van der Waals surface area (Å²) in [5, 5.41) is 2.68. The maximum Gasteiger partial charge on any atom is 0.262 e. The van der Waals surface area contributed by atoms with E-state index in [2.05, 4.69) is 5.32 Å². The third-order valence-electron chi connectivity index (χ3n) is 3.17. The van der Waals surface area contributed by atoms with E-state index in [-0.39, 0.29) is 10.9 Å². The summed E-state index contributed by atoms with van der Waals surface area (Å²) < 4.78 is 36.6. The number of amides is 1. The Balaban J connectivity index is 1.83. The quantitative estimate of drug-likeness (QED) is 0.746. The second-order valence-corrected chi connectivity index (χ2v) is 6.67. The monoisotopic (exact) mass is 352 g/mol. The molecule has 1 amide bonds. The molecular formula is C16H17FN2O4S. The average molecular weight is 352 g/mol. The van der Waals surface area contributed by atoms with Crippen LogP contribution in [0.3, 0.4) is 0 Å². The molecule has 0 aliphatic carbocycles. The van der Waals surface area contributed by atoms with Gasteiger partial charge in [0, 0.05) is 0 Å². The van der Waals surface area contributed by atoms with E-state index in [1.54, 1.807) is 6.92 Å². The summed E-state index contributed by atoms with van der Waals surface area (Å²) in [5.74, 6) is -1.03. The predicted octanol–water partition coefficient (Wildman–Crippen LogP) is 1.91. The zero-order valence-corrected chi connectivity index (χ0v) is 13.7. The van der Waals surface area contributed by atoms with Crippen LogP contribution in [0.1, 0.15) is 18.5 Å². The fraction of sp³-hybridized carbons (Fsp3) is 0.188. The number of nitrogens with one attached hydrogen (secondary N) is 2. The summed E-state index contributed by atoms with van der Waals surface area (Å²) in [4.78, 5) is 18.2. The lowest BCUT2D eigenvalue weighted by Gasteiger charge is -2.14. The van der Waals surface area contributed by atoms with Gasteiger partial charge in [0.2, 0.25) is 5.91 Å². The summed E-state index contributed by atoms with van der Waals surface area (Å²) in [6, 6.07) is 13.3. The Bertz CT molecular complexity index is 779. The Morgan fingerprint density at radius 3 is 2.38 bits per heavy atom. The van der Waals surface area contributed by atoms with Gasteiger partial charge in [-0.15, -0.1) is 0 Å². The van der Waals surface area contributed by atoms with Crippen molar-refractivity contribution in [1.29, 1.82) is 0 Å². The van der Waals surface area contributed by atoms with Gasteiger partial charge in [-0.3, -0.25) is 9.63 Å². The van der Waals surface area contributed by atoms with Crippen molar-refractivity contribution < 1.29 is 22.4 Å². The number of carbonyl (C=O) groups excluding carboxylic acids is 1. The molecule has 128 valence electrons. The van der Waals surface area contributed by atoms with Gasteiger partial charge >= 0.3 is 0 Å². The highest BCUT2D eigenvalue weighted by molar-refractivity contribution is 7.89. The maximum atomic E-state index is 12.8. The molecule has 24 heavy (non-hydrogen) atoms. The van der Waals surface area contributed by atoms with E-state index in [9.17, 15) is 17.6 Å². The molecule has 0 saturated carbocycles. The van der Waals surface area contributed by atoms with E-state index in [1.807, 2.05) is 35.2 Å². The van der Waals surface area contributed by atoms with E-state index < -0.39 is 28.4 Å². The lowest BCUT2D eigenvalue weighted by molar-refractivity contribution is -0.127. The third-order valence-corrected chi connectivity index (χ3v) is 4.40. The summed E-state index contributed by atoms with van der Waals surface area (Å²) in [6.07, 6.45) is 0. The molecule has 1 atom stereocenters. The van der Waals surface area contributed by atoms with Crippen LogP contribution in [0.25, 0.3) is 0 Å². The van der Waals surface area contributed by atoms with Crippen molar-refractivity contribution in [3.63, 3.8) is 0 Å². The highest BCUT2D eigenvalue weighted by atomic mass is 32.2. The normalized spacial score (nSPS) is 12.6. The van der Waals surface area contributed by atoms with Gasteiger partial charge in [0.15, 0.2) is 0 Å². The minimum Gasteiger partial charge on any atom is -0.348 e. The number of hydrogen-bond acceptors (Lipinski definition) is 4. The number of benzene rings is 2. The van der Waals surface area contributed by atoms with Crippen LogP contribution in [0.4, 0.5) is 4.39 Å². The molecule has 8 heteroatoms. The third kappa shape index (κ3) is 5.12. The molecule has 0 aromatic heterocycles. The van der Waals surface area contributed by atoms with Crippen LogP contribution < -0.4 is 10.2 Å². The van der Waals surface area contributed by atoms with Gasteiger partial charge in [-0.2, -0.15) is 0 Å². The summed E-state index contributed by atoms with van der Waals surface area (Å²) >= 11 is 0. The summed E-state index contributed by atoms with van der Waals surface area (Å²) in [6.45, 7) is 1.31. The number of carbonyl (C=O) groups is 1. The van der Waals surface area contributed by atoms with Crippen molar-refractivity contribution in [2.75, 3.05) is 6.61 Å². The Kier molecular flexibility index (Phi) is 6.02. The van der Waals surface area contributed by atoms with E-state index >= 15 is 0 Å². The molecule has 0 aliphatic rings. The largest absolute Gasteiger partial charge is 0.348 e. The lowest BCUT2D eigenvalue weighted by atomic mass is 10.1. The zero-order chi connectivity index (χ0) is 17.6. The average Bonchev–Trinajstić information content (AvgIpc) is 2.56. The first-order valence-corrected chi connectivity index (χ1v) is 8.60. The zero-order valence-electron chi connectivity index (χ0n) is 12.9. The molecule has 0 bridgehead atoms. The second kappa shape index (κ2) is 8.00. The van der Waals surface area contributed by atoms with Gasteiger partial charge in [-0.05, 0) is 36.8 Å². The van der Waals surface area contributed by atoms with Crippen molar-refractivity contribution in [2.45, 2.75) is 17.9 Å². The smallest absolute Gasteiger partial charge is 0.262 e. The second-order valence-electron chi connectivity index (χ2n) is 5.03. The fourth-order valence-corrected chi connectivity index (χ4v) is 2.75. The molecule has 0 saturated heterocycles. The van der Waals surface area contributed by atoms with E-state index in [1.165, 1.54) is 0 Å². The van der Waals surface area contributed by atoms with Crippen LogP contribution in [0.15, 0.2) is 59.5 Å². The molecular weight excluding hydrogens is 335 g/mol. The van der Waals surface area contributed by atoms with E-state index in [4.69, 9.17) is 4.84 Å². The topological polar surface area (TPSA) is 84.5 Å². The molecule has 0 aliphatic heterocycles. The summed E-state index contributed by atoms with van der Waals surface area (Å²) in [5.41, 5.74) is 0.915. The van der Waals surface area contributed by atoms with Crippen LogP contribution in [0.2, 0.25) is 0 Å². The van der Waals surface area contributed by atoms with Crippen molar-refractivity contribution in [1.82, 2.24) is 10.2 Å². The SMILES string of the molecule is C[C@H](NC(=O)CONS(=O)(=O)c1ccc(F)cc1)c1ccccc1. The minimum atomic E-state index is -3.97. The highest BCUT2D eigenvalue weighted by Crippen LogP contribution is 2.11. The van der Waals surface area contributed by atoms with Crippen LogP contribution >= 0.6 is 0 Å². The standard InChI is InChI=1S/C16H17FN2O4S/c1-12(13-5-3-2-4-6-13)18-16(20)11-23-19-24(21,22)15-9-7-14(17)8-10-15/h2-10,12,19H,11H2,1H3,(H,18,20)/t12-/m0/s1. The van der Waals surface area contributed by atoms with Crippen molar-refractivity contribution in [3.05, 3.63) is 66.0 Å². The first-order valence-electron chi connectivity index (χ1n) is 7.12. The Hall–Kier alpha value is -2.29. The minimum absolute atomic E-state index is 0.165. The number of rotatable bonds is 7. The molecule has 0 fully saturated rings. The lowest BCUT2D eigenvalue weighted by Crippen LogP contribution is -2.34. The summed E-state index contributed by atoms with van der Waals surface area (Å²) in [7, 11) is -3.97. The fourth-order valence-electron chi connectivity index (χ4n) is 1.94. The molecule has 0 unspecified atom stereocenters. The van der Waals surface area contributed by atoms with Crippen LogP contribution in [0, 0.1) is 5.82 Å². The van der Waals surface area contributed by atoms with Crippen molar-refractivity contribution in [2.24, 2.45) is 0 Å². The molecule has 2 rings (SSSR count). The van der Waals surface area contributed by atoms with Gasteiger partial charge in [0.05, 0.1) is 10.9 Å². The molecule has 0 radical (unpaired) electrons. The van der Waals surface area contributed by atoms with Gasteiger partial charge < -0.3 is 5.32 Å².